The molecule has 0 fully saturated rings. The Bertz CT molecular complexity index is 703. The number of rotatable bonds is 7. The zero-order valence-corrected chi connectivity index (χ0v) is 14.6. The molecule has 25 heavy (non-hydrogen) atoms. The van der Waals surface area contributed by atoms with Crippen LogP contribution in [0.15, 0.2) is 42.5 Å². The number of amides is 2. The first-order valence-electron chi connectivity index (χ1n) is 8.25. The molecule has 0 atom stereocenters. The van der Waals surface area contributed by atoms with Crippen LogP contribution in [0.1, 0.15) is 26.7 Å². The van der Waals surface area contributed by atoms with Crippen LogP contribution in [0.3, 0.4) is 0 Å². The molecule has 6 heteroatoms. The van der Waals surface area contributed by atoms with Crippen LogP contribution in [-0.2, 0) is 0 Å². The molecular formula is C19H23FN2O3. The molecule has 2 rings (SSSR count). The van der Waals surface area contributed by atoms with Crippen molar-refractivity contribution in [3.8, 4) is 17.2 Å². The van der Waals surface area contributed by atoms with E-state index in [0.717, 1.165) is 12.8 Å². The third-order valence-electron chi connectivity index (χ3n) is 3.79. The maximum absolute atomic E-state index is 14.4. The lowest BCUT2D eigenvalue weighted by atomic mass is 10.2. The second kappa shape index (κ2) is 8.92. The smallest absolute Gasteiger partial charge is 0.319 e. The Morgan fingerprint density at radius 1 is 1.12 bits per heavy atom. The highest BCUT2D eigenvalue weighted by molar-refractivity contribution is 5.90. The number of hydrogen-bond acceptors (Lipinski definition) is 3. The van der Waals surface area contributed by atoms with Gasteiger partial charge in [0.05, 0.1) is 12.8 Å². The number of para-hydroxylation sites is 1. The standard InChI is InChI=1S/C19H23FN2O3/c1-4-13(5-2)21-19(23)22-16-12-17(24-3)18(11-15(16)20)25-14-9-7-6-8-10-14/h6-13H,4-5H2,1-3H3,(H2,21,22,23). The van der Waals surface area contributed by atoms with Crippen LogP contribution in [0, 0.1) is 5.82 Å². The van der Waals surface area contributed by atoms with E-state index in [9.17, 15) is 9.18 Å². The van der Waals surface area contributed by atoms with E-state index in [1.807, 2.05) is 32.0 Å². The van der Waals surface area contributed by atoms with E-state index in [-0.39, 0.29) is 17.5 Å². The van der Waals surface area contributed by atoms with Crippen molar-refractivity contribution in [2.75, 3.05) is 12.4 Å². The van der Waals surface area contributed by atoms with Crippen LogP contribution in [0.2, 0.25) is 0 Å². The lowest BCUT2D eigenvalue weighted by Gasteiger charge is -2.17. The summed E-state index contributed by atoms with van der Waals surface area (Å²) in [5.41, 5.74) is 0.0284. The zero-order chi connectivity index (χ0) is 18.2. The summed E-state index contributed by atoms with van der Waals surface area (Å²) in [6.07, 6.45) is 1.61. The van der Waals surface area contributed by atoms with Crippen LogP contribution < -0.4 is 20.1 Å². The minimum Gasteiger partial charge on any atom is -0.493 e. The van der Waals surface area contributed by atoms with Gasteiger partial charge in [0.25, 0.3) is 0 Å². The molecule has 2 aromatic rings. The zero-order valence-electron chi connectivity index (χ0n) is 14.6. The summed E-state index contributed by atoms with van der Waals surface area (Å²) in [5.74, 6) is 0.513. The van der Waals surface area contributed by atoms with Gasteiger partial charge in [-0.1, -0.05) is 32.0 Å². The number of carbonyl (C=O) groups is 1. The van der Waals surface area contributed by atoms with Crippen LogP contribution in [0.4, 0.5) is 14.9 Å². The molecule has 134 valence electrons. The van der Waals surface area contributed by atoms with Crippen molar-refractivity contribution in [1.29, 1.82) is 0 Å². The summed E-state index contributed by atoms with van der Waals surface area (Å²) in [4.78, 5) is 12.0. The molecule has 0 spiro atoms. The number of hydrogen-bond donors (Lipinski definition) is 2. The summed E-state index contributed by atoms with van der Waals surface area (Å²) in [7, 11) is 1.46. The number of halogens is 1. The Morgan fingerprint density at radius 2 is 1.80 bits per heavy atom. The predicted molar refractivity (Wildman–Crippen MR) is 96.0 cm³/mol. The van der Waals surface area contributed by atoms with Gasteiger partial charge in [-0.3, -0.25) is 0 Å². The molecule has 0 aliphatic rings. The lowest BCUT2D eigenvalue weighted by Crippen LogP contribution is -2.37. The molecule has 0 radical (unpaired) electrons. The number of carbonyl (C=O) groups excluding carboxylic acids is 1. The van der Waals surface area contributed by atoms with Crippen molar-refractivity contribution < 1.29 is 18.7 Å². The van der Waals surface area contributed by atoms with Crippen molar-refractivity contribution in [1.82, 2.24) is 5.32 Å². The van der Waals surface area contributed by atoms with Gasteiger partial charge in [0, 0.05) is 18.2 Å². The van der Waals surface area contributed by atoms with Crippen molar-refractivity contribution in [3.05, 3.63) is 48.3 Å². The normalized spacial score (nSPS) is 10.4. The average Bonchev–Trinajstić information content (AvgIpc) is 2.62. The molecule has 0 saturated heterocycles. The highest BCUT2D eigenvalue weighted by Crippen LogP contribution is 2.35. The quantitative estimate of drug-likeness (QED) is 0.747. The summed E-state index contributed by atoms with van der Waals surface area (Å²) in [6, 6.07) is 11.2. The Hall–Kier alpha value is -2.76. The summed E-state index contributed by atoms with van der Waals surface area (Å²) < 4.78 is 25.3. The molecule has 0 aliphatic carbocycles. The third-order valence-corrected chi connectivity index (χ3v) is 3.79. The van der Waals surface area contributed by atoms with Gasteiger partial charge in [-0.05, 0) is 25.0 Å². The third kappa shape index (κ3) is 5.11. The van der Waals surface area contributed by atoms with Gasteiger partial charge in [-0.15, -0.1) is 0 Å². The molecule has 2 aromatic carbocycles. The number of nitrogens with one attached hydrogen (secondary N) is 2. The Balaban J connectivity index is 2.17. The van der Waals surface area contributed by atoms with Gasteiger partial charge in [0.2, 0.25) is 0 Å². The molecule has 0 saturated carbocycles. The van der Waals surface area contributed by atoms with E-state index in [4.69, 9.17) is 9.47 Å². The van der Waals surface area contributed by atoms with Crippen molar-refractivity contribution in [2.45, 2.75) is 32.7 Å². The van der Waals surface area contributed by atoms with Crippen LogP contribution in [-0.4, -0.2) is 19.2 Å². The van der Waals surface area contributed by atoms with E-state index in [1.165, 1.54) is 19.2 Å². The summed E-state index contributed by atoms with van der Waals surface area (Å²) in [5, 5.41) is 5.31. The van der Waals surface area contributed by atoms with Gasteiger partial charge in [-0.2, -0.15) is 0 Å². The van der Waals surface area contributed by atoms with E-state index in [0.29, 0.717) is 11.5 Å². The Morgan fingerprint density at radius 3 is 2.40 bits per heavy atom. The van der Waals surface area contributed by atoms with E-state index >= 15 is 0 Å². The fraction of sp³-hybridized carbons (Fsp3) is 0.316. The Kier molecular flexibility index (Phi) is 6.62. The number of ether oxygens (including phenoxy) is 2. The average molecular weight is 346 g/mol. The van der Waals surface area contributed by atoms with Gasteiger partial charge >= 0.3 is 6.03 Å². The van der Waals surface area contributed by atoms with Crippen molar-refractivity contribution in [2.24, 2.45) is 0 Å². The van der Waals surface area contributed by atoms with Crippen molar-refractivity contribution in [3.63, 3.8) is 0 Å². The number of benzene rings is 2. The minimum atomic E-state index is -0.605. The van der Waals surface area contributed by atoms with Crippen LogP contribution in [0.25, 0.3) is 0 Å². The minimum absolute atomic E-state index is 0.0284. The predicted octanol–water partition coefficient (Wildman–Crippen LogP) is 4.94. The maximum Gasteiger partial charge on any atom is 0.319 e. The second-order valence-electron chi connectivity index (χ2n) is 5.51. The van der Waals surface area contributed by atoms with Gasteiger partial charge in [0.1, 0.15) is 5.75 Å². The number of methoxy groups -OCH3 is 1. The molecule has 2 N–H and O–H groups in total. The molecular weight excluding hydrogens is 323 g/mol. The van der Waals surface area contributed by atoms with Crippen LogP contribution >= 0.6 is 0 Å². The highest BCUT2D eigenvalue weighted by Gasteiger charge is 2.15. The first-order valence-corrected chi connectivity index (χ1v) is 8.25. The first kappa shape index (κ1) is 18.6. The summed E-state index contributed by atoms with van der Waals surface area (Å²) in [6.45, 7) is 3.96. The number of anilines is 1. The molecule has 5 nitrogen and oxygen atoms in total. The van der Waals surface area contributed by atoms with Gasteiger partial charge in [-0.25, -0.2) is 9.18 Å². The first-order chi connectivity index (χ1) is 12.1. The largest absolute Gasteiger partial charge is 0.493 e. The molecule has 0 aromatic heterocycles. The SMILES string of the molecule is CCC(CC)NC(=O)Nc1cc(OC)c(Oc2ccccc2)cc1F. The fourth-order valence-electron chi connectivity index (χ4n) is 2.32. The maximum atomic E-state index is 14.4. The van der Waals surface area contributed by atoms with E-state index in [1.54, 1.807) is 12.1 Å². The highest BCUT2D eigenvalue weighted by atomic mass is 19.1. The van der Waals surface area contributed by atoms with Gasteiger partial charge < -0.3 is 20.1 Å². The van der Waals surface area contributed by atoms with Crippen molar-refractivity contribution >= 4 is 11.7 Å². The van der Waals surface area contributed by atoms with E-state index < -0.39 is 11.8 Å². The molecule has 0 heterocycles. The Labute approximate surface area is 147 Å². The molecule has 0 unspecified atom stereocenters. The van der Waals surface area contributed by atoms with Gasteiger partial charge in [0.15, 0.2) is 17.3 Å². The topological polar surface area (TPSA) is 59.6 Å². The summed E-state index contributed by atoms with van der Waals surface area (Å²) >= 11 is 0. The molecule has 0 bridgehead atoms. The lowest BCUT2D eigenvalue weighted by molar-refractivity contribution is 0.247. The number of urea groups is 1. The van der Waals surface area contributed by atoms with Crippen LogP contribution in [0.5, 0.6) is 17.2 Å². The second-order valence-corrected chi connectivity index (χ2v) is 5.51. The fourth-order valence-corrected chi connectivity index (χ4v) is 2.32. The molecule has 2 amide bonds. The molecule has 0 aliphatic heterocycles. The van der Waals surface area contributed by atoms with E-state index in [2.05, 4.69) is 10.6 Å². The monoisotopic (exact) mass is 346 g/mol.